The molecule has 0 aromatic heterocycles. The van der Waals surface area contributed by atoms with Gasteiger partial charge in [-0.2, -0.15) is 0 Å². The molecule has 0 atom stereocenters. The second-order valence-electron chi connectivity index (χ2n) is 8.89. The van der Waals surface area contributed by atoms with Crippen molar-refractivity contribution in [3.8, 4) is 0 Å². The zero-order valence-electron chi connectivity index (χ0n) is 22.0. The first-order chi connectivity index (χ1) is 20.1. The molecule has 3 N–H and O–H groups in total. The van der Waals surface area contributed by atoms with Gasteiger partial charge < -0.3 is 16.0 Å². The van der Waals surface area contributed by atoms with Crippen molar-refractivity contribution in [3.63, 3.8) is 0 Å². The molecule has 11 heteroatoms. The third kappa shape index (κ3) is 7.64. The van der Waals surface area contributed by atoms with Crippen molar-refractivity contribution < 1.29 is 31.9 Å². The number of amides is 3. The Labute approximate surface area is 242 Å². The summed E-state index contributed by atoms with van der Waals surface area (Å²) < 4.78 is 54.4. The summed E-state index contributed by atoms with van der Waals surface area (Å²) >= 11 is 0.986. The van der Waals surface area contributed by atoms with Crippen molar-refractivity contribution in [2.75, 3.05) is 16.4 Å². The molecule has 0 unspecified atom stereocenters. The minimum atomic E-state index is -1.71. The van der Waals surface area contributed by atoms with E-state index in [4.69, 9.17) is 0 Å². The number of nitrogens with one attached hydrogen (secondary N) is 3. The van der Waals surface area contributed by atoms with Crippen LogP contribution >= 0.6 is 11.8 Å². The molecule has 0 aliphatic heterocycles. The van der Waals surface area contributed by atoms with Gasteiger partial charge in [0.05, 0.1) is 5.75 Å². The summed E-state index contributed by atoms with van der Waals surface area (Å²) in [5.74, 6) is -8.92. The van der Waals surface area contributed by atoms with E-state index in [1.165, 1.54) is 0 Å². The predicted molar refractivity (Wildman–Crippen MR) is 154 cm³/mol. The number of carbonyl (C=O) groups is 3. The smallest absolute Gasteiger partial charge is 0.272 e. The fourth-order valence-corrected chi connectivity index (χ4v) is 4.39. The largest absolute Gasteiger partial charge is 0.321 e. The lowest BCUT2D eigenvalue weighted by Gasteiger charge is -2.12. The summed E-state index contributed by atoms with van der Waals surface area (Å²) in [5, 5.41) is 7.23. The maximum atomic E-state index is 13.8. The molecular formula is C31H23F4N3O3S. The van der Waals surface area contributed by atoms with Crippen LogP contribution in [-0.4, -0.2) is 23.5 Å². The number of hydrogen-bond acceptors (Lipinski definition) is 4. The van der Waals surface area contributed by atoms with Crippen LogP contribution in [0.2, 0.25) is 0 Å². The number of thioether (sulfide) groups is 1. The monoisotopic (exact) mass is 593 g/mol. The number of aryl methyl sites for hydroxylation is 1. The van der Waals surface area contributed by atoms with Crippen molar-refractivity contribution >= 4 is 46.9 Å². The highest BCUT2D eigenvalue weighted by Gasteiger charge is 2.21. The number of rotatable bonds is 9. The average molecular weight is 594 g/mol. The Kier molecular flexibility index (Phi) is 9.77. The topological polar surface area (TPSA) is 87.3 Å². The zero-order chi connectivity index (χ0) is 30.2. The summed E-state index contributed by atoms with van der Waals surface area (Å²) in [6.45, 7) is 1.88. The highest BCUT2D eigenvalue weighted by atomic mass is 32.2. The fourth-order valence-electron chi connectivity index (χ4n) is 3.69. The van der Waals surface area contributed by atoms with Gasteiger partial charge in [-0.25, -0.2) is 17.6 Å². The zero-order valence-corrected chi connectivity index (χ0v) is 22.8. The predicted octanol–water partition coefficient (Wildman–Crippen LogP) is 6.69. The van der Waals surface area contributed by atoms with Crippen LogP contribution in [0.25, 0.3) is 6.08 Å². The molecule has 6 nitrogen and oxygen atoms in total. The average Bonchev–Trinajstić information content (AvgIpc) is 2.99. The Hall–Kier alpha value is -4.90. The Balaban J connectivity index is 1.42. The summed E-state index contributed by atoms with van der Waals surface area (Å²) in [6, 6.07) is 22.1. The van der Waals surface area contributed by atoms with Crippen LogP contribution in [0.4, 0.5) is 28.9 Å². The molecular weight excluding hydrogens is 570 g/mol. The molecule has 4 aromatic rings. The number of hydrogen-bond donors (Lipinski definition) is 3. The van der Waals surface area contributed by atoms with E-state index in [9.17, 15) is 31.9 Å². The van der Waals surface area contributed by atoms with Crippen LogP contribution in [-0.2, 0) is 9.59 Å². The molecule has 0 spiro atoms. The first-order valence-electron chi connectivity index (χ1n) is 12.4. The van der Waals surface area contributed by atoms with E-state index in [1.807, 2.05) is 36.5 Å². The first kappa shape index (κ1) is 30.1. The van der Waals surface area contributed by atoms with Crippen molar-refractivity contribution in [3.05, 3.63) is 131 Å². The molecule has 4 aromatic carbocycles. The van der Waals surface area contributed by atoms with Crippen molar-refractivity contribution in [1.29, 1.82) is 0 Å². The Morgan fingerprint density at radius 2 is 1.40 bits per heavy atom. The maximum Gasteiger partial charge on any atom is 0.272 e. The molecule has 0 aliphatic carbocycles. The quantitative estimate of drug-likeness (QED) is 0.0874. The lowest BCUT2D eigenvalue weighted by molar-refractivity contribution is -0.114. The molecule has 0 aliphatic rings. The van der Waals surface area contributed by atoms with Gasteiger partial charge in [-0.1, -0.05) is 42.5 Å². The molecule has 3 amide bonds. The molecule has 214 valence electrons. The van der Waals surface area contributed by atoms with Crippen LogP contribution in [0.15, 0.2) is 95.5 Å². The second kappa shape index (κ2) is 13.6. The third-order valence-corrected chi connectivity index (χ3v) is 6.89. The third-order valence-electron chi connectivity index (χ3n) is 5.88. The standard InChI is InChI=1S/C31H23F4N3O3S/c1-18-7-5-6-10-20(18)15-25(37-30(40)19-8-3-2-4-9-19)31(41)36-21-11-13-22(14-12-21)42-17-26(39)38-29-27(34)23(32)16-24(33)28(29)35/h2-16H,17H2,1H3,(H,36,41)(H,37,40)(H,38,39)/b25-15-. The minimum Gasteiger partial charge on any atom is -0.321 e. The van der Waals surface area contributed by atoms with E-state index in [-0.39, 0.29) is 17.5 Å². The van der Waals surface area contributed by atoms with Gasteiger partial charge in [-0.05, 0) is 60.5 Å². The highest BCUT2D eigenvalue weighted by Crippen LogP contribution is 2.26. The normalized spacial score (nSPS) is 11.1. The lowest BCUT2D eigenvalue weighted by atomic mass is 10.1. The Morgan fingerprint density at radius 1 is 0.786 bits per heavy atom. The van der Waals surface area contributed by atoms with E-state index in [0.29, 0.717) is 16.1 Å². The van der Waals surface area contributed by atoms with Gasteiger partial charge in [0.25, 0.3) is 11.8 Å². The van der Waals surface area contributed by atoms with Gasteiger partial charge in [0.2, 0.25) is 5.91 Å². The number of carbonyl (C=O) groups excluding carboxylic acids is 3. The molecule has 0 bridgehead atoms. The Morgan fingerprint density at radius 3 is 2.05 bits per heavy atom. The van der Waals surface area contributed by atoms with E-state index in [1.54, 1.807) is 60.7 Å². The maximum absolute atomic E-state index is 13.8. The molecule has 0 fully saturated rings. The van der Waals surface area contributed by atoms with Crippen LogP contribution in [0, 0.1) is 30.2 Å². The number of anilines is 2. The van der Waals surface area contributed by atoms with Crippen LogP contribution in [0.1, 0.15) is 21.5 Å². The van der Waals surface area contributed by atoms with Gasteiger partial charge in [0, 0.05) is 22.2 Å². The summed E-state index contributed by atoms with van der Waals surface area (Å²) in [5.41, 5.74) is 1.21. The lowest BCUT2D eigenvalue weighted by Crippen LogP contribution is -2.30. The van der Waals surface area contributed by atoms with E-state index in [0.717, 1.165) is 22.9 Å². The van der Waals surface area contributed by atoms with Gasteiger partial charge >= 0.3 is 0 Å². The number of benzene rings is 4. The molecule has 42 heavy (non-hydrogen) atoms. The van der Waals surface area contributed by atoms with Crippen LogP contribution < -0.4 is 16.0 Å². The second-order valence-corrected chi connectivity index (χ2v) is 9.94. The van der Waals surface area contributed by atoms with Crippen molar-refractivity contribution in [1.82, 2.24) is 5.32 Å². The minimum absolute atomic E-state index is 0.0153. The van der Waals surface area contributed by atoms with Crippen molar-refractivity contribution in [2.24, 2.45) is 0 Å². The van der Waals surface area contributed by atoms with Crippen LogP contribution in [0.5, 0.6) is 0 Å². The van der Waals surface area contributed by atoms with Gasteiger partial charge in [-0.3, -0.25) is 14.4 Å². The molecule has 0 radical (unpaired) electrons. The van der Waals surface area contributed by atoms with Crippen LogP contribution in [0.3, 0.4) is 0 Å². The van der Waals surface area contributed by atoms with Gasteiger partial charge in [-0.15, -0.1) is 11.8 Å². The molecule has 0 saturated heterocycles. The van der Waals surface area contributed by atoms with Gasteiger partial charge in [0.1, 0.15) is 11.4 Å². The Bertz CT molecular complexity index is 1640. The van der Waals surface area contributed by atoms with E-state index in [2.05, 4.69) is 10.6 Å². The SMILES string of the molecule is Cc1ccccc1/C=C(\NC(=O)c1ccccc1)C(=O)Nc1ccc(SCC(=O)Nc2c(F)c(F)cc(F)c2F)cc1. The first-order valence-corrected chi connectivity index (χ1v) is 13.4. The summed E-state index contributed by atoms with van der Waals surface area (Å²) in [7, 11) is 0. The highest BCUT2D eigenvalue weighted by molar-refractivity contribution is 8.00. The van der Waals surface area contributed by atoms with Crippen molar-refractivity contribution in [2.45, 2.75) is 11.8 Å². The van der Waals surface area contributed by atoms with E-state index < -0.39 is 46.7 Å². The van der Waals surface area contributed by atoms with E-state index >= 15 is 0 Å². The molecule has 4 rings (SSSR count). The number of halogens is 4. The summed E-state index contributed by atoms with van der Waals surface area (Å²) in [6.07, 6.45) is 1.57. The molecule has 0 heterocycles. The van der Waals surface area contributed by atoms with Gasteiger partial charge in [0.15, 0.2) is 23.3 Å². The summed E-state index contributed by atoms with van der Waals surface area (Å²) in [4.78, 5) is 38.7. The fraction of sp³-hybridized carbons (Fsp3) is 0.0645. The molecule has 0 saturated carbocycles.